The average Bonchev–Trinajstić information content (AvgIpc) is 3.51. The summed E-state index contributed by atoms with van der Waals surface area (Å²) in [5.41, 5.74) is 2.10. The van der Waals surface area contributed by atoms with Crippen LogP contribution in [0.5, 0.6) is 0 Å². The fourth-order valence-corrected chi connectivity index (χ4v) is 5.80. The zero-order valence-electron chi connectivity index (χ0n) is 19.6. The summed E-state index contributed by atoms with van der Waals surface area (Å²) in [6.45, 7) is 5.85. The van der Waals surface area contributed by atoms with Gasteiger partial charge in [-0.1, -0.05) is 31.0 Å². The van der Waals surface area contributed by atoms with Crippen LogP contribution in [0.1, 0.15) is 44.1 Å². The van der Waals surface area contributed by atoms with Gasteiger partial charge in [-0.15, -0.1) is 0 Å². The number of aromatic nitrogens is 1. The van der Waals surface area contributed by atoms with E-state index in [-0.39, 0.29) is 18.0 Å². The molecule has 33 heavy (non-hydrogen) atoms. The molecule has 7 heteroatoms. The van der Waals surface area contributed by atoms with Crippen molar-refractivity contribution in [2.45, 2.75) is 51.0 Å². The first-order chi connectivity index (χ1) is 16.2. The lowest BCUT2D eigenvalue weighted by Crippen LogP contribution is -2.56. The number of benzene rings is 1. The van der Waals surface area contributed by atoms with Crippen molar-refractivity contribution in [3.05, 3.63) is 36.0 Å². The van der Waals surface area contributed by atoms with Gasteiger partial charge in [-0.05, 0) is 43.2 Å². The topological polar surface area (TPSA) is 71.7 Å². The third-order valence-electron chi connectivity index (χ3n) is 7.84. The molecule has 2 aliphatic heterocycles. The van der Waals surface area contributed by atoms with E-state index < -0.39 is 0 Å². The molecule has 5 rings (SSSR count). The first-order valence-electron chi connectivity index (χ1n) is 12.8. The van der Waals surface area contributed by atoms with Gasteiger partial charge in [0.1, 0.15) is 0 Å². The van der Waals surface area contributed by atoms with Crippen LogP contribution in [0.2, 0.25) is 0 Å². The number of likely N-dealkylation sites (tertiary alicyclic amines) is 1. The maximum absolute atomic E-state index is 12.8. The molecule has 0 unspecified atom stereocenters. The highest BCUT2D eigenvalue weighted by Crippen LogP contribution is 2.26. The number of amides is 3. The molecule has 3 aliphatic rings. The molecule has 1 saturated carbocycles. The summed E-state index contributed by atoms with van der Waals surface area (Å²) < 4.78 is 0. The van der Waals surface area contributed by atoms with Crippen LogP contribution in [0.25, 0.3) is 10.9 Å². The van der Waals surface area contributed by atoms with Crippen LogP contribution < -0.4 is 5.32 Å². The smallest absolute Gasteiger partial charge is 0.317 e. The summed E-state index contributed by atoms with van der Waals surface area (Å²) >= 11 is 0. The van der Waals surface area contributed by atoms with Crippen LogP contribution in [-0.2, 0) is 11.2 Å². The highest BCUT2D eigenvalue weighted by molar-refractivity contribution is 5.89. The van der Waals surface area contributed by atoms with Crippen LogP contribution >= 0.6 is 0 Å². The number of piperidine rings is 1. The highest BCUT2D eigenvalue weighted by atomic mass is 16.2. The number of fused-ring (bicyclic) bond motifs is 1. The van der Waals surface area contributed by atoms with E-state index in [1.54, 1.807) is 0 Å². The van der Waals surface area contributed by atoms with Gasteiger partial charge in [0.05, 0.1) is 6.42 Å². The van der Waals surface area contributed by atoms with Crippen molar-refractivity contribution in [2.75, 3.05) is 45.8 Å². The van der Waals surface area contributed by atoms with E-state index in [0.717, 1.165) is 48.3 Å². The summed E-state index contributed by atoms with van der Waals surface area (Å²) in [7, 11) is 0. The van der Waals surface area contributed by atoms with Gasteiger partial charge < -0.3 is 25.0 Å². The van der Waals surface area contributed by atoms with Crippen LogP contribution in [0.4, 0.5) is 4.79 Å². The number of aromatic amines is 1. The predicted octanol–water partition coefficient (Wildman–Crippen LogP) is 3.22. The van der Waals surface area contributed by atoms with Crippen LogP contribution in [0.3, 0.4) is 0 Å². The molecule has 0 spiro atoms. The summed E-state index contributed by atoms with van der Waals surface area (Å²) in [6, 6.07) is 8.39. The van der Waals surface area contributed by atoms with E-state index in [9.17, 15) is 9.59 Å². The Kier molecular flexibility index (Phi) is 6.85. The average molecular weight is 452 g/mol. The number of carbonyl (C=O) groups excluding carboxylic acids is 2. The molecule has 178 valence electrons. The van der Waals surface area contributed by atoms with Gasteiger partial charge in [0.25, 0.3) is 0 Å². The molecule has 0 bridgehead atoms. The van der Waals surface area contributed by atoms with Gasteiger partial charge >= 0.3 is 6.03 Å². The van der Waals surface area contributed by atoms with Gasteiger partial charge in [0.2, 0.25) is 5.91 Å². The first kappa shape index (κ1) is 22.3. The third kappa shape index (κ3) is 5.35. The second-order valence-electron chi connectivity index (χ2n) is 10.1. The van der Waals surface area contributed by atoms with E-state index in [2.05, 4.69) is 21.3 Å². The molecular weight excluding hydrogens is 414 g/mol. The Morgan fingerprint density at radius 2 is 1.61 bits per heavy atom. The summed E-state index contributed by atoms with van der Waals surface area (Å²) in [6.07, 6.45) is 10.0. The Morgan fingerprint density at radius 1 is 0.909 bits per heavy atom. The maximum Gasteiger partial charge on any atom is 0.317 e. The van der Waals surface area contributed by atoms with Gasteiger partial charge in [0, 0.05) is 69.0 Å². The number of carbonyl (C=O) groups is 2. The molecule has 7 nitrogen and oxygen atoms in total. The predicted molar refractivity (Wildman–Crippen MR) is 130 cm³/mol. The molecule has 3 heterocycles. The molecule has 1 aromatic carbocycles. The molecule has 2 saturated heterocycles. The summed E-state index contributed by atoms with van der Waals surface area (Å²) in [4.78, 5) is 35.3. The van der Waals surface area contributed by atoms with Gasteiger partial charge in [-0.3, -0.25) is 4.79 Å². The van der Waals surface area contributed by atoms with E-state index in [1.807, 2.05) is 34.2 Å². The van der Waals surface area contributed by atoms with Gasteiger partial charge in [-0.2, -0.15) is 0 Å². The standard InChI is InChI=1S/C26H37N5O2/c32-25(17-21-18-27-24-8-4-3-7-23(21)24)30-13-15-31(16-14-30)26(33)28-22-9-11-29(12-10-22)19-20-5-1-2-6-20/h3-4,7-8,18,20,22,27H,1-2,5-6,9-17,19H2,(H,28,33). The fraction of sp³-hybridized carbons (Fsp3) is 0.615. The van der Waals surface area contributed by atoms with Crippen LogP contribution in [0, 0.1) is 5.92 Å². The zero-order chi connectivity index (χ0) is 22.6. The van der Waals surface area contributed by atoms with Crippen LogP contribution in [-0.4, -0.2) is 83.5 Å². The molecule has 0 radical (unpaired) electrons. The lowest BCUT2D eigenvalue weighted by atomic mass is 10.0. The molecule has 3 fully saturated rings. The number of nitrogens with one attached hydrogen (secondary N) is 2. The quantitative estimate of drug-likeness (QED) is 0.733. The number of hydrogen-bond donors (Lipinski definition) is 2. The van der Waals surface area contributed by atoms with Crippen molar-refractivity contribution >= 4 is 22.8 Å². The fourth-order valence-electron chi connectivity index (χ4n) is 5.80. The van der Waals surface area contributed by atoms with Crippen LogP contribution in [0.15, 0.2) is 30.5 Å². The van der Waals surface area contributed by atoms with E-state index in [0.29, 0.717) is 32.6 Å². The Balaban J connectivity index is 1.04. The Labute approximate surface area is 196 Å². The Morgan fingerprint density at radius 3 is 2.36 bits per heavy atom. The molecule has 1 aromatic heterocycles. The normalized spacial score (nSPS) is 21.1. The Bertz CT molecular complexity index is 950. The SMILES string of the molecule is O=C(Cc1c[nH]c2ccccc12)N1CCN(C(=O)NC2CCN(CC3CCCC3)CC2)CC1. The largest absolute Gasteiger partial charge is 0.361 e. The second-order valence-corrected chi connectivity index (χ2v) is 10.1. The monoisotopic (exact) mass is 451 g/mol. The number of urea groups is 1. The minimum absolute atomic E-state index is 0.0352. The number of nitrogens with zero attached hydrogens (tertiary/aromatic N) is 3. The minimum atomic E-state index is 0.0352. The van der Waals surface area contributed by atoms with Crippen molar-refractivity contribution < 1.29 is 9.59 Å². The molecule has 1 aliphatic carbocycles. The van der Waals surface area contributed by atoms with Gasteiger partial charge in [0.15, 0.2) is 0 Å². The summed E-state index contributed by atoms with van der Waals surface area (Å²) in [5, 5.41) is 4.37. The lowest BCUT2D eigenvalue weighted by molar-refractivity contribution is -0.131. The number of hydrogen-bond acceptors (Lipinski definition) is 3. The summed E-state index contributed by atoms with van der Waals surface area (Å²) in [5.74, 6) is 1.03. The molecule has 2 aromatic rings. The van der Waals surface area contributed by atoms with Crippen molar-refractivity contribution in [3.8, 4) is 0 Å². The molecule has 0 atom stereocenters. The maximum atomic E-state index is 12.8. The number of piperazine rings is 1. The molecule has 3 amide bonds. The molecular formula is C26H37N5O2. The van der Waals surface area contributed by atoms with Crippen molar-refractivity contribution in [1.29, 1.82) is 0 Å². The van der Waals surface area contributed by atoms with E-state index in [1.165, 1.54) is 32.2 Å². The van der Waals surface area contributed by atoms with Crippen molar-refractivity contribution in [3.63, 3.8) is 0 Å². The van der Waals surface area contributed by atoms with E-state index in [4.69, 9.17) is 0 Å². The van der Waals surface area contributed by atoms with Gasteiger partial charge in [-0.25, -0.2) is 4.79 Å². The number of para-hydroxylation sites is 1. The number of H-pyrrole nitrogens is 1. The first-order valence-corrected chi connectivity index (χ1v) is 12.8. The second kappa shape index (κ2) is 10.2. The van der Waals surface area contributed by atoms with Crippen molar-refractivity contribution in [2.24, 2.45) is 5.92 Å². The lowest BCUT2D eigenvalue weighted by Gasteiger charge is -2.37. The number of rotatable bonds is 5. The third-order valence-corrected chi connectivity index (χ3v) is 7.84. The molecule has 2 N–H and O–H groups in total. The zero-order valence-corrected chi connectivity index (χ0v) is 19.6. The van der Waals surface area contributed by atoms with Crippen molar-refractivity contribution in [1.82, 2.24) is 25.0 Å². The van der Waals surface area contributed by atoms with E-state index >= 15 is 0 Å². The minimum Gasteiger partial charge on any atom is -0.361 e. The Hall–Kier alpha value is -2.54. The highest BCUT2D eigenvalue weighted by Gasteiger charge is 2.28.